The first-order valence-corrected chi connectivity index (χ1v) is 11.6. The number of hydrogen-bond acceptors (Lipinski definition) is 4. The third-order valence-electron chi connectivity index (χ3n) is 5.30. The minimum Gasteiger partial charge on any atom is -0.483 e. The number of fused-ring (bicyclic) bond motifs is 1. The monoisotopic (exact) mass is 429 g/mol. The van der Waals surface area contributed by atoms with Gasteiger partial charge in [-0.15, -0.1) is 16.8 Å². The standard InChI is InChI=1S/C26H27N3OS/c1-4-17-29-25(19(3)30-23-15-13-20(5-2)14-16-23)27-28-26(29)31-18-22-11-8-10-21-9-6-7-12-24(21)22/h4,6-16,19H,1,5,17-18H2,2-3H3. The van der Waals surface area contributed by atoms with Gasteiger partial charge in [-0.05, 0) is 47.4 Å². The molecule has 0 radical (unpaired) electrons. The third kappa shape index (κ3) is 4.83. The summed E-state index contributed by atoms with van der Waals surface area (Å²) >= 11 is 1.69. The molecule has 0 N–H and O–H groups in total. The minimum absolute atomic E-state index is 0.216. The van der Waals surface area contributed by atoms with E-state index < -0.39 is 0 Å². The van der Waals surface area contributed by atoms with Gasteiger partial charge < -0.3 is 4.74 Å². The molecule has 0 spiro atoms. The van der Waals surface area contributed by atoms with Crippen LogP contribution in [0.15, 0.2) is 84.5 Å². The highest BCUT2D eigenvalue weighted by molar-refractivity contribution is 7.98. The lowest BCUT2D eigenvalue weighted by atomic mass is 10.1. The summed E-state index contributed by atoms with van der Waals surface area (Å²) in [5.41, 5.74) is 2.58. The summed E-state index contributed by atoms with van der Waals surface area (Å²) in [6, 6.07) is 23.1. The van der Waals surface area contributed by atoms with Crippen molar-refractivity contribution >= 4 is 22.5 Å². The number of nitrogens with zero attached hydrogens (tertiary/aromatic N) is 3. The van der Waals surface area contributed by atoms with Gasteiger partial charge >= 0.3 is 0 Å². The van der Waals surface area contributed by atoms with Crippen molar-refractivity contribution in [1.82, 2.24) is 14.8 Å². The Morgan fingerprint density at radius 2 is 1.81 bits per heavy atom. The molecule has 1 heterocycles. The van der Waals surface area contributed by atoms with Gasteiger partial charge in [-0.2, -0.15) is 0 Å². The van der Waals surface area contributed by atoms with Crippen LogP contribution in [0.25, 0.3) is 10.8 Å². The van der Waals surface area contributed by atoms with Gasteiger partial charge in [0.25, 0.3) is 0 Å². The minimum atomic E-state index is -0.216. The van der Waals surface area contributed by atoms with Crippen LogP contribution >= 0.6 is 11.8 Å². The van der Waals surface area contributed by atoms with Gasteiger partial charge in [-0.1, -0.05) is 79.4 Å². The smallest absolute Gasteiger partial charge is 0.191 e. The van der Waals surface area contributed by atoms with Crippen LogP contribution in [0.3, 0.4) is 0 Å². The average molecular weight is 430 g/mol. The molecule has 0 aliphatic heterocycles. The van der Waals surface area contributed by atoms with Gasteiger partial charge in [0.2, 0.25) is 0 Å². The largest absolute Gasteiger partial charge is 0.483 e. The van der Waals surface area contributed by atoms with Crippen LogP contribution in [0.1, 0.15) is 36.9 Å². The first kappa shape index (κ1) is 21.2. The highest BCUT2D eigenvalue weighted by atomic mass is 32.2. The van der Waals surface area contributed by atoms with Gasteiger partial charge in [0.05, 0.1) is 0 Å². The second-order valence-electron chi connectivity index (χ2n) is 7.42. The molecular formula is C26H27N3OS. The molecule has 0 saturated carbocycles. The van der Waals surface area contributed by atoms with E-state index in [1.54, 1.807) is 11.8 Å². The number of thioether (sulfide) groups is 1. The average Bonchev–Trinajstić information content (AvgIpc) is 3.21. The van der Waals surface area contributed by atoms with E-state index in [1.807, 2.05) is 25.1 Å². The predicted octanol–water partition coefficient (Wildman–Crippen LogP) is 6.61. The molecule has 4 aromatic rings. The molecule has 0 amide bonds. The van der Waals surface area contributed by atoms with E-state index in [-0.39, 0.29) is 6.10 Å². The molecule has 158 valence electrons. The van der Waals surface area contributed by atoms with Crippen molar-refractivity contribution in [2.75, 3.05) is 0 Å². The fraction of sp³-hybridized carbons (Fsp3) is 0.231. The van der Waals surface area contributed by atoms with Crippen molar-refractivity contribution in [2.24, 2.45) is 0 Å². The lowest BCUT2D eigenvalue weighted by Crippen LogP contribution is -2.12. The molecule has 0 aliphatic carbocycles. The fourth-order valence-corrected chi connectivity index (χ4v) is 4.59. The maximum absolute atomic E-state index is 6.15. The Morgan fingerprint density at radius 1 is 1.03 bits per heavy atom. The highest BCUT2D eigenvalue weighted by Gasteiger charge is 2.19. The molecule has 31 heavy (non-hydrogen) atoms. The third-order valence-corrected chi connectivity index (χ3v) is 6.32. The van der Waals surface area contributed by atoms with Crippen LogP contribution in [0.5, 0.6) is 5.75 Å². The second-order valence-corrected chi connectivity index (χ2v) is 8.37. The fourth-order valence-electron chi connectivity index (χ4n) is 3.63. The quantitative estimate of drug-likeness (QED) is 0.222. The van der Waals surface area contributed by atoms with Crippen LogP contribution in [0, 0.1) is 0 Å². The van der Waals surface area contributed by atoms with Crippen molar-refractivity contribution in [2.45, 2.75) is 43.8 Å². The normalized spacial score (nSPS) is 12.1. The molecule has 0 fully saturated rings. The van der Waals surface area contributed by atoms with Crippen LogP contribution in [0.2, 0.25) is 0 Å². The van der Waals surface area contributed by atoms with E-state index in [1.165, 1.54) is 21.9 Å². The van der Waals surface area contributed by atoms with Crippen molar-refractivity contribution < 1.29 is 4.74 Å². The molecular weight excluding hydrogens is 402 g/mol. The number of benzene rings is 3. The van der Waals surface area contributed by atoms with Crippen LogP contribution in [0.4, 0.5) is 0 Å². The first-order chi connectivity index (χ1) is 15.2. The number of hydrogen-bond donors (Lipinski definition) is 0. The molecule has 3 aromatic carbocycles. The van der Waals surface area contributed by atoms with Gasteiger partial charge in [0, 0.05) is 12.3 Å². The van der Waals surface area contributed by atoms with Crippen molar-refractivity contribution in [1.29, 1.82) is 0 Å². The molecule has 1 aromatic heterocycles. The van der Waals surface area contributed by atoms with E-state index in [0.29, 0.717) is 6.54 Å². The molecule has 0 saturated heterocycles. The van der Waals surface area contributed by atoms with E-state index in [2.05, 4.69) is 82.9 Å². The van der Waals surface area contributed by atoms with Gasteiger partial charge in [0.15, 0.2) is 17.1 Å². The van der Waals surface area contributed by atoms with Crippen molar-refractivity contribution in [3.8, 4) is 5.75 Å². The molecule has 0 bridgehead atoms. The van der Waals surface area contributed by atoms with E-state index in [9.17, 15) is 0 Å². The zero-order valence-electron chi connectivity index (χ0n) is 18.0. The highest BCUT2D eigenvalue weighted by Crippen LogP contribution is 2.29. The summed E-state index contributed by atoms with van der Waals surface area (Å²) in [6.07, 6.45) is 2.67. The molecule has 1 unspecified atom stereocenters. The van der Waals surface area contributed by atoms with E-state index >= 15 is 0 Å². The number of rotatable bonds is 9. The topological polar surface area (TPSA) is 39.9 Å². The molecule has 4 nitrogen and oxygen atoms in total. The summed E-state index contributed by atoms with van der Waals surface area (Å²) in [4.78, 5) is 0. The number of aryl methyl sites for hydroxylation is 1. The van der Waals surface area contributed by atoms with Crippen molar-refractivity contribution in [3.05, 3.63) is 96.3 Å². The Labute approximate surface area is 188 Å². The molecule has 5 heteroatoms. The number of allylic oxidation sites excluding steroid dienone is 1. The van der Waals surface area contributed by atoms with Gasteiger partial charge in [-0.25, -0.2) is 0 Å². The van der Waals surface area contributed by atoms with Gasteiger partial charge in [0.1, 0.15) is 5.75 Å². The molecule has 1 atom stereocenters. The summed E-state index contributed by atoms with van der Waals surface area (Å²) in [5, 5.41) is 12.3. The van der Waals surface area contributed by atoms with Crippen molar-refractivity contribution in [3.63, 3.8) is 0 Å². The maximum atomic E-state index is 6.15. The first-order valence-electron chi connectivity index (χ1n) is 10.6. The zero-order valence-corrected chi connectivity index (χ0v) is 18.8. The lowest BCUT2D eigenvalue weighted by molar-refractivity contribution is 0.210. The van der Waals surface area contributed by atoms with Crippen LogP contribution in [-0.4, -0.2) is 14.8 Å². The SMILES string of the molecule is C=CCn1c(SCc2cccc3ccccc23)nnc1C(C)Oc1ccc(CC)cc1. The molecule has 4 rings (SSSR count). The Kier molecular flexibility index (Phi) is 6.73. The Bertz CT molecular complexity index is 1160. The zero-order chi connectivity index (χ0) is 21.6. The predicted molar refractivity (Wildman–Crippen MR) is 129 cm³/mol. The summed E-state index contributed by atoms with van der Waals surface area (Å²) in [6.45, 7) is 8.71. The summed E-state index contributed by atoms with van der Waals surface area (Å²) in [5.74, 6) is 2.47. The van der Waals surface area contributed by atoms with Crippen LogP contribution in [-0.2, 0) is 18.7 Å². The van der Waals surface area contributed by atoms with Crippen LogP contribution < -0.4 is 4.74 Å². The summed E-state index contributed by atoms with van der Waals surface area (Å²) < 4.78 is 8.24. The number of aromatic nitrogens is 3. The Balaban J connectivity index is 1.53. The Morgan fingerprint density at radius 3 is 2.58 bits per heavy atom. The van der Waals surface area contributed by atoms with Gasteiger partial charge in [-0.3, -0.25) is 4.57 Å². The van der Waals surface area contributed by atoms with E-state index in [4.69, 9.17) is 4.74 Å². The lowest BCUT2D eigenvalue weighted by Gasteiger charge is -2.16. The Hall–Kier alpha value is -3.05. The number of ether oxygens (including phenoxy) is 1. The van der Waals surface area contributed by atoms with E-state index in [0.717, 1.165) is 28.9 Å². The maximum Gasteiger partial charge on any atom is 0.191 e. The molecule has 0 aliphatic rings. The summed E-state index contributed by atoms with van der Waals surface area (Å²) in [7, 11) is 0. The second kappa shape index (κ2) is 9.84.